The van der Waals surface area contributed by atoms with Crippen molar-refractivity contribution in [2.75, 3.05) is 20.6 Å². The second-order valence-electron chi connectivity index (χ2n) is 9.05. The molecule has 0 fully saturated rings. The molecule has 0 bridgehead atoms. The molecule has 0 aliphatic heterocycles. The van der Waals surface area contributed by atoms with Gasteiger partial charge in [0.25, 0.3) is 0 Å². The number of nitrogens with one attached hydrogen (secondary N) is 4. The summed E-state index contributed by atoms with van der Waals surface area (Å²) < 4.78 is 19.1. The third-order valence-corrected chi connectivity index (χ3v) is 5.25. The molecule has 0 aliphatic carbocycles. The van der Waals surface area contributed by atoms with Gasteiger partial charge in [-0.1, -0.05) is 0 Å². The maximum Gasteiger partial charge on any atom is 0.331 e. The molecule has 16 nitrogen and oxygen atoms in total. The van der Waals surface area contributed by atoms with E-state index in [1.165, 1.54) is 27.7 Å². The molecule has 4 unspecified atom stereocenters. The molecule has 16 heteroatoms. The van der Waals surface area contributed by atoms with Crippen LogP contribution in [-0.2, 0) is 57.3 Å². The van der Waals surface area contributed by atoms with Gasteiger partial charge in [-0.3, -0.25) is 24.0 Å². The Balaban J connectivity index is 4.14. The van der Waals surface area contributed by atoms with Crippen molar-refractivity contribution < 1.29 is 57.3 Å². The molecular weight excluding hydrogens is 548 g/mol. The van der Waals surface area contributed by atoms with Gasteiger partial charge in [-0.25, -0.2) is 14.4 Å². The van der Waals surface area contributed by atoms with Crippen LogP contribution in [0.3, 0.4) is 0 Å². The van der Waals surface area contributed by atoms with E-state index >= 15 is 0 Å². The first-order valence-electron chi connectivity index (χ1n) is 12.9. The molecule has 232 valence electrons. The molecule has 41 heavy (non-hydrogen) atoms. The van der Waals surface area contributed by atoms with Crippen molar-refractivity contribution in [2.24, 2.45) is 0 Å². The fourth-order valence-corrected chi connectivity index (χ4v) is 2.80. The summed E-state index contributed by atoms with van der Waals surface area (Å²) in [4.78, 5) is 93.7. The van der Waals surface area contributed by atoms with Gasteiger partial charge in [0.1, 0.15) is 30.0 Å². The number of hydrogen-bond donors (Lipinski definition) is 4. The molecule has 0 rings (SSSR count). The van der Waals surface area contributed by atoms with E-state index in [4.69, 9.17) is 18.9 Å². The van der Waals surface area contributed by atoms with Crippen molar-refractivity contribution >= 4 is 47.4 Å². The fourth-order valence-electron chi connectivity index (χ4n) is 2.80. The number of Topliss-reactive ketones (excluding diaryl/α,β-unsaturated/α-hetero) is 1. The van der Waals surface area contributed by atoms with Gasteiger partial charge in [0.15, 0.2) is 0 Å². The van der Waals surface area contributed by atoms with Gasteiger partial charge in [0.2, 0.25) is 31.3 Å². The monoisotopic (exact) mass is 588 g/mol. The summed E-state index contributed by atoms with van der Waals surface area (Å²) in [5.41, 5.74) is 0. The van der Waals surface area contributed by atoms with E-state index in [0.717, 1.165) is 0 Å². The maximum absolute atomic E-state index is 12.1. The summed E-state index contributed by atoms with van der Waals surface area (Å²) in [7, 11) is 1.57. The quantitative estimate of drug-likeness (QED) is 0.0599. The summed E-state index contributed by atoms with van der Waals surface area (Å²) in [5.74, 6) is -5.10. The third-order valence-electron chi connectivity index (χ3n) is 5.25. The van der Waals surface area contributed by atoms with Crippen LogP contribution in [0.15, 0.2) is 0 Å². The fraction of sp³-hybridized carbons (Fsp3) is 0.680. The Bertz CT molecular complexity index is 955. The van der Waals surface area contributed by atoms with Crippen LogP contribution in [0.1, 0.15) is 66.7 Å². The van der Waals surface area contributed by atoms with Gasteiger partial charge >= 0.3 is 23.9 Å². The van der Waals surface area contributed by atoms with Crippen LogP contribution in [0.25, 0.3) is 0 Å². The summed E-state index contributed by atoms with van der Waals surface area (Å²) in [6.45, 7) is 5.57. The lowest BCUT2D eigenvalue weighted by atomic mass is 10.1. The number of amides is 3. The molecule has 4 N–H and O–H groups in total. The average molecular weight is 589 g/mol. The standard InChI is InChI=1S/C25H40N4O12/c1-14(30)11-21(33)29-18(5)25(37)41-13-40-24(36)17(4)28-20(32)10-8-7-9-19(31)27-16(3)23(35)39-12-38-22(34)15(2)26-6/h15-18,26H,7-13H2,1-6H3,(H,27,31)(H,28,32)(H,29,33). The van der Waals surface area contributed by atoms with Crippen LogP contribution in [0.2, 0.25) is 0 Å². The van der Waals surface area contributed by atoms with E-state index < -0.39 is 79.4 Å². The summed E-state index contributed by atoms with van der Waals surface area (Å²) in [6.07, 6.45) is 0.271. The first-order chi connectivity index (χ1) is 19.2. The number of ketones is 1. The Kier molecular flexibility index (Phi) is 17.9. The van der Waals surface area contributed by atoms with E-state index in [-0.39, 0.29) is 25.0 Å². The zero-order valence-electron chi connectivity index (χ0n) is 24.2. The smallest absolute Gasteiger partial charge is 0.331 e. The highest BCUT2D eigenvalue weighted by Crippen LogP contribution is 2.02. The Labute approximate surface area is 237 Å². The maximum atomic E-state index is 12.1. The molecule has 0 saturated carbocycles. The largest absolute Gasteiger partial charge is 0.427 e. The molecule has 0 aromatic heterocycles. The number of carbonyl (C=O) groups excluding carboxylic acids is 8. The van der Waals surface area contributed by atoms with Crippen molar-refractivity contribution in [3.8, 4) is 0 Å². The summed E-state index contributed by atoms with van der Waals surface area (Å²) in [5, 5.41) is 9.79. The van der Waals surface area contributed by atoms with Crippen LogP contribution < -0.4 is 21.3 Å². The molecule has 3 amide bonds. The number of hydrogen-bond acceptors (Lipinski definition) is 13. The molecule has 0 aromatic rings. The minimum atomic E-state index is -1.07. The van der Waals surface area contributed by atoms with E-state index in [0.29, 0.717) is 12.8 Å². The first kappa shape index (κ1) is 36.9. The average Bonchev–Trinajstić information content (AvgIpc) is 2.89. The van der Waals surface area contributed by atoms with Crippen LogP contribution in [-0.4, -0.2) is 92.2 Å². The van der Waals surface area contributed by atoms with Crippen molar-refractivity contribution in [1.82, 2.24) is 21.3 Å². The van der Waals surface area contributed by atoms with Crippen LogP contribution in [0.5, 0.6) is 0 Å². The molecule has 4 atom stereocenters. The lowest BCUT2D eigenvalue weighted by molar-refractivity contribution is -0.171. The Morgan fingerprint density at radius 2 is 0.854 bits per heavy atom. The summed E-state index contributed by atoms with van der Waals surface area (Å²) >= 11 is 0. The second-order valence-corrected chi connectivity index (χ2v) is 9.05. The SMILES string of the molecule is CNC(C)C(=O)OCOC(=O)C(C)NC(=O)CCCCC(=O)NC(C)C(=O)OCOC(=O)C(C)NC(=O)CC(C)=O. The predicted octanol–water partition coefficient (Wildman–Crippen LogP) is -1.26. The van der Waals surface area contributed by atoms with Gasteiger partial charge < -0.3 is 40.2 Å². The zero-order chi connectivity index (χ0) is 31.5. The third kappa shape index (κ3) is 17.3. The predicted molar refractivity (Wildman–Crippen MR) is 139 cm³/mol. The van der Waals surface area contributed by atoms with Crippen LogP contribution in [0.4, 0.5) is 0 Å². The molecule has 0 saturated heterocycles. The Morgan fingerprint density at radius 1 is 0.537 bits per heavy atom. The number of unbranched alkanes of at least 4 members (excludes halogenated alkanes) is 1. The van der Waals surface area contributed by atoms with E-state index in [9.17, 15) is 38.4 Å². The van der Waals surface area contributed by atoms with Gasteiger partial charge in [0, 0.05) is 12.8 Å². The van der Waals surface area contributed by atoms with Crippen molar-refractivity contribution in [1.29, 1.82) is 0 Å². The topological polar surface area (TPSA) is 222 Å². The van der Waals surface area contributed by atoms with Crippen LogP contribution >= 0.6 is 0 Å². The van der Waals surface area contributed by atoms with E-state index in [1.807, 2.05) is 0 Å². The number of likely N-dealkylation sites (N-methyl/N-ethyl adjacent to an activating group) is 1. The molecule has 0 radical (unpaired) electrons. The first-order valence-corrected chi connectivity index (χ1v) is 12.9. The van der Waals surface area contributed by atoms with Gasteiger partial charge in [0.05, 0.1) is 6.42 Å². The highest BCUT2D eigenvalue weighted by Gasteiger charge is 2.21. The lowest BCUT2D eigenvalue weighted by Gasteiger charge is -2.15. The van der Waals surface area contributed by atoms with Gasteiger partial charge in [-0.05, 0) is 54.5 Å². The van der Waals surface area contributed by atoms with Gasteiger partial charge in [-0.2, -0.15) is 0 Å². The molecule has 0 heterocycles. The Morgan fingerprint density at radius 3 is 1.17 bits per heavy atom. The highest BCUT2D eigenvalue weighted by molar-refractivity contribution is 5.98. The Hall–Kier alpha value is -4.08. The number of esters is 4. The number of ether oxygens (including phenoxy) is 4. The second kappa shape index (κ2) is 19.9. The lowest BCUT2D eigenvalue weighted by Crippen LogP contribution is -2.42. The summed E-state index contributed by atoms with van der Waals surface area (Å²) in [6, 6.07) is -3.67. The number of rotatable bonds is 19. The van der Waals surface area contributed by atoms with Crippen molar-refractivity contribution in [3.05, 3.63) is 0 Å². The minimum Gasteiger partial charge on any atom is -0.427 e. The van der Waals surface area contributed by atoms with E-state index in [2.05, 4.69) is 21.3 Å². The van der Waals surface area contributed by atoms with Crippen molar-refractivity contribution in [3.63, 3.8) is 0 Å². The zero-order valence-corrected chi connectivity index (χ0v) is 24.2. The minimum absolute atomic E-state index is 0.00532. The molecule has 0 spiro atoms. The van der Waals surface area contributed by atoms with Crippen molar-refractivity contribution in [2.45, 2.75) is 90.9 Å². The molecule has 0 aliphatic rings. The highest BCUT2D eigenvalue weighted by atomic mass is 16.7. The van der Waals surface area contributed by atoms with E-state index in [1.54, 1.807) is 14.0 Å². The molecular formula is C25H40N4O12. The number of carbonyl (C=O) groups is 8. The normalized spacial score (nSPS) is 13.3. The van der Waals surface area contributed by atoms with Gasteiger partial charge in [-0.15, -0.1) is 0 Å². The molecule has 0 aromatic carbocycles. The van der Waals surface area contributed by atoms with Crippen LogP contribution in [0, 0.1) is 0 Å².